The maximum absolute atomic E-state index is 13.5. The first-order valence-electron chi connectivity index (χ1n) is 40.0. The van der Waals surface area contributed by atoms with Crippen molar-refractivity contribution in [2.45, 2.75) is 210 Å². The summed E-state index contributed by atoms with van der Waals surface area (Å²) < 4.78 is 65.9. The average molecular weight is 1670 g/mol. The third-order valence-electron chi connectivity index (χ3n) is 20.2. The molecular weight excluding hydrogens is 1560 g/mol. The van der Waals surface area contributed by atoms with E-state index in [2.05, 4.69) is 60.7 Å². The van der Waals surface area contributed by atoms with E-state index in [1.807, 2.05) is 142 Å². The van der Waals surface area contributed by atoms with Crippen LogP contribution in [0.25, 0.3) is 0 Å². The van der Waals surface area contributed by atoms with Crippen LogP contribution in [0.1, 0.15) is 168 Å². The Balaban J connectivity index is 0.000000192. The number of likely N-dealkylation sites (tertiary alicyclic amines) is 3. The molecule has 30 nitrogen and oxygen atoms in total. The molecule has 0 unspecified atom stereocenters. The van der Waals surface area contributed by atoms with E-state index >= 15 is 0 Å². The number of alkyl carbamates (subject to hydrolysis) is 3. The lowest BCUT2D eigenvalue weighted by Gasteiger charge is -2.31. The molecule has 3 aliphatic heterocycles. The molecule has 9 atom stereocenters. The van der Waals surface area contributed by atoms with Gasteiger partial charge in [-0.15, -0.1) is 0 Å². The van der Waals surface area contributed by atoms with Gasteiger partial charge in [0, 0.05) is 37.8 Å². The zero-order valence-electron chi connectivity index (χ0n) is 68.1. The molecule has 11 amide bonds. The van der Waals surface area contributed by atoms with E-state index in [1.165, 1.54) is 26.5 Å². The van der Waals surface area contributed by atoms with Crippen molar-refractivity contribution < 1.29 is 99.5 Å². The number of hydrogen-bond acceptors (Lipinski definition) is 18. The third kappa shape index (κ3) is 28.8. The summed E-state index contributed by atoms with van der Waals surface area (Å²) in [6.45, 7) is 9.66. The number of carbonyl (C=O) groups excluding carboxylic acids is 11. The van der Waals surface area contributed by atoms with Crippen LogP contribution in [0.3, 0.4) is 0 Å². The van der Waals surface area contributed by atoms with E-state index < -0.39 is 127 Å². The van der Waals surface area contributed by atoms with Crippen LogP contribution < -0.4 is 48.3 Å². The van der Waals surface area contributed by atoms with Crippen LogP contribution >= 0.6 is 0 Å². The van der Waals surface area contributed by atoms with Gasteiger partial charge >= 0.3 is 48.5 Å². The summed E-state index contributed by atoms with van der Waals surface area (Å²) in [6, 6.07) is 46.1. The molecular formula is C87H107F3N12O18. The summed E-state index contributed by atoms with van der Waals surface area (Å²) >= 11 is 0. The number of aliphatic carboxylic acids is 1. The van der Waals surface area contributed by atoms with Gasteiger partial charge in [-0.3, -0.25) is 43.4 Å². The lowest BCUT2D eigenvalue weighted by atomic mass is 9.87. The smallest absolute Gasteiger partial charge is 0.471 e. The van der Waals surface area contributed by atoms with Crippen molar-refractivity contribution in [2.75, 3.05) is 39.3 Å². The second-order valence-corrected chi connectivity index (χ2v) is 31.9. The molecule has 6 aromatic rings. The first-order chi connectivity index (χ1) is 57.1. The fourth-order valence-electron chi connectivity index (χ4n) is 14.8. The van der Waals surface area contributed by atoms with Crippen LogP contribution in [0.4, 0.5) is 37.1 Å². The molecule has 3 saturated heterocycles. The first kappa shape index (κ1) is 91.6. The lowest BCUT2D eigenvalue weighted by molar-refractivity contribution is -0.186. The maximum Gasteiger partial charge on any atom is 0.471 e. The number of benzene rings is 6. The summed E-state index contributed by atoms with van der Waals surface area (Å²) in [7, 11) is 0. The third-order valence-corrected chi connectivity index (χ3v) is 20.2. The Kier molecular flexibility index (Phi) is 33.1. The normalized spacial score (nSPS) is 20.1. The van der Waals surface area contributed by atoms with Crippen molar-refractivity contribution in [3.05, 3.63) is 214 Å². The Morgan fingerprint density at radius 3 is 1.06 bits per heavy atom. The molecule has 3 heterocycles. The van der Waals surface area contributed by atoms with Crippen molar-refractivity contribution in [1.82, 2.24) is 57.2 Å². The van der Waals surface area contributed by atoms with Crippen molar-refractivity contribution >= 4 is 71.9 Å². The monoisotopic (exact) mass is 1660 g/mol. The number of aryl methyl sites for hydroxylation is 3. The number of halogens is 3. The molecule has 0 radical (unpaired) electrons. The summed E-state index contributed by atoms with van der Waals surface area (Å²) in [5.74, 6) is -5.55. The number of amides is 11. The number of nitrogens with two attached hydrogens (primary N) is 1. The van der Waals surface area contributed by atoms with E-state index in [4.69, 9.17) is 34.5 Å². The number of carboxylic acids is 1. The number of carboxylic acid groups (broad SMARTS) is 1. The average Bonchev–Trinajstić information content (AvgIpc) is 1.71. The van der Waals surface area contributed by atoms with Gasteiger partial charge in [0.1, 0.15) is 68.8 Å². The molecule has 0 saturated carbocycles. The summed E-state index contributed by atoms with van der Waals surface area (Å²) in [6.07, 6.45) is -0.0883. The zero-order chi connectivity index (χ0) is 86.7. The summed E-state index contributed by atoms with van der Waals surface area (Å²) in [4.78, 5) is 150. The fraction of sp³-hybridized carbons (Fsp3) is 0.448. The molecule has 33 heteroatoms. The maximum atomic E-state index is 13.5. The Morgan fingerprint density at radius 2 is 0.717 bits per heavy atom. The van der Waals surface area contributed by atoms with E-state index in [0.717, 1.165) is 84.7 Å². The fourth-order valence-corrected chi connectivity index (χ4v) is 14.8. The number of ether oxygens (including phenoxy) is 5. The van der Waals surface area contributed by atoms with Gasteiger partial charge in [-0.25, -0.2) is 24.0 Å². The second kappa shape index (κ2) is 43.4. The van der Waals surface area contributed by atoms with Crippen molar-refractivity contribution in [3.8, 4) is 0 Å². The van der Waals surface area contributed by atoms with Crippen molar-refractivity contribution in [1.29, 1.82) is 0 Å². The van der Waals surface area contributed by atoms with Gasteiger partial charge in [-0.2, -0.15) is 13.2 Å². The highest BCUT2D eigenvalue weighted by Gasteiger charge is 2.51. The van der Waals surface area contributed by atoms with Crippen molar-refractivity contribution in [3.63, 3.8) is 0 Å². The predicted molar refractivity (Wildman–Crippen MR) is 433 cm³/mol. The minimum atomic E-state index is -5.18. The Hall–Kier alpha value is -12.3. The molecule has 3 aliphatic carbocycles. The van der Waals surface area contributed by atoms with Gasteiger partial charge in [0.25, 0.3) is 0 Å². The Morgan fingerprint density at radius 1 is 0.408 bits per heavy atom. The SMILES string of the molecule is CC(C)(C)OC(=O)N1C[C@@H](N)C[C@H]1C(=O)N[C@@H]1CCCc2ccccc21.CC(C)(C)OC(=O)N1C[C@@H](NC(=O)CNC(=O)OCc2ccccc2)C[C@H]1C(=O)N[C@@H]1CCCc2ccccc21.O=C(CNC(=O)OCc1ccccc1)N[C@H]1C[C@@H](C(=O)N[C@@H]2CCCc3ccccc32)N(C(=O)C(F)(F)F)C1.O=C(O)CNC(=O)OCc1ccccc1. The van der Waals surface area contributed by atoms with Gasteiger partial charge in [-0.1, -0.05) is 164 Å². The number of rotatable bonds is 20. The standard InChI is InChI=1S/C30H38N4O6.C27H29F3N4O5.C20H29N3O3.C10H11NO4/c1-30(2,3)40-29(38)34-18-22(32-26(35)17-31-28(37)39-19-20-10-5-4-6-11-20)16-25(34)27(36)33-24-15-9-13-21-12-7-8-14-23(21)24;28-27(29,30)25(37)34-15-19(32-23(35)14-31-26(38)39-16-17-7-2-1-3-8-17)13-22(34)24(36)33-21-12-6-10-18-9-4-5-11-20(18)21;1-20(2,3)26-19(25)23-12-14(21)11-17(23)18(24)22-16-10-6-8-13-7-4-5-9-15(13)16;12-9(13)6-11-10(14)15-7-8-4-2-1-3-5-8/h4-8,10-12,14,22,24-25H,9,13,15-19H2,1-3H3,(H,31,37)(H,32,35)(H,33,36);1-5,7-9,11,19,21-22H,6,10,12-16H2,(H,31,38)(H,32,35)(H,33,36);4-5,7,9,14,16-17H,6,8,10-12,21H2,1-3H3,(H,22,24);1-5H,6-7H2,(H,11,14)(H,12,13)/t22-,24+,25-;19-,21+,22-;14-,16+,17-;/m000./s1. The van der Waals surface area contributed by atoms with Gasteiger partial charge in [0.2, 0.25) is 29.5 Å². The van der Waals surface area contributed by atoms with E-state index in [0.29, 0.717) is 24.3 Å². The second-order valence-electron chi connectivity index (χ2n) is 31.9. The summed E-state index contributed by atoms with van der Waals surface area (Å²) in [5, 5.41) is 29.5. The molecule has 120 heavy (non-hydrogen) atoms. The highest BCUT2D eigenvalue weighted by atomic mass is 19.4. The molecule has 12 rings (SSSR count). The van der Waals surface area contributed by atoms with Gasteiger partial charge < -0.3 is 82.0 Å². The molecule has 6 aliphatic rings. The minimum absolute atomic E-state index is 0.00626. The number of nitrogens with one attached hydrogen (secondary N) is 8. The van der Waals surface area contributed by atoms with E-state index in [1.54, 1.807) is 45.0 Å². The van der Waals surface area contributed by atoms with Crippen LogP contribution in [0, 0.1) is 0 Å². The van der Waals surface area contributed by atoms with Gasteiger partial charge in [-0.05, 0) is 169 Å². The highest BCUT2D eigenvalue weighted by molar-refractivity contribution is 5.92. The highest BCUT2D eigenvalue weighted by Crippen LogP contribution is 2.35. The van der Waals surface area contributed by atoms with Crippen LogP contribution in [0.2, 0.25) is 0 Å². The Bertz CT molecular complexity index is 4520. The van der Waals surface area contributed by atoms with Crippen LogP contribution in [-0.4, -0.2) is 185 Å². The molecule has 11 N–H and O–H groups in total. The predicted octanol–water partition coefficient (Wildman–Crippen LogP) is 9.87. The largest absolute Gasteiger partial charge is 0.480 e. The van der Waals surface area contributed by atoms with Crippen LogP contribution in [0.5, 0.6) is 0 Å². The first-order valence-corrected chi connectivity index (χ1v) is 40.0. The molecule has 0 bridgehead atoms. The van der Waals surface area contributed by atoms with Crippen LogP contribution in [-0.2, 0) is 96.3 Å². The topological polar surface area (TPSA) is 403 Å². The summed E-state index contributed by atoms with van der Waals surface area (Å²) in [5.41, 5.74) is 13.9. The molecule has 644 valence electrons. The number of hydrogen-bond donors (Lipinski definition) is 10. The molecule has 0 spiro atoms. The Labute approximate surface area is 694 Å². The minimum Gasteiger partial charge on any atom is -0.480 e. The quantitative estimate of drug-likeness (QED) is 0.0318. The lowest BCUT2D eigenvalue weighted by Crippen LogP contribution is -2.51. The van der Waals surface area contributed by atoms with Gasteiger partial charge in [0.05, 0.1) is 18.1 Å². The van der Waals surface area contributed by atoms with E-state index in [9.17, 15) is 70.7 Å². The zero-order valence-corrected chi connectivity index (χ0v) is 68.1. The van der Waals surface area contributed by atoms with Gasteiger partial charge in [0.15, 0.2) is 0 Å². The number of fused-ring (bicyclic) bond motifs is 3. The van der Waals surface area contributed by atoms with E-state index in [-0.39, 0.29) is 81.7 Å². The van der Waals surface area contributed by atoms with Crippen LogP contribution in [0.15, 0.2) is 164 Å². The number of carbonyl (C=O) groups is 12. The number of nitrogens with zero attached hydrogens (tertiary/aromatic N) is 3. The molecule has 0 aromatic heterocycles. The number of alkyl halides is 3. The molecule has 6 aromatic carbocycles. The van der Waals surface area contributed by atoms with Crippen molar-refractivity contribution in [2.24, 2.45) is 5.73 Å². The molecule has 3 fully saturated rings.